The Hall–Kier alpha value is -2.45. The zero-order valence-corrected chi connectivity index (χ0v) is 13.6. The summed E-state index contributed by atoms with van der Waals surface area (Å²) in [5.74, 6) is 0.112. The van der Waals surface area contributed by atoms with Crippen LogP contribution in [0.25, 0.3) is 16.6 Å². The summed E-state index contributed by atoms with van der Waals surface area (Å²) >= 11 is 6.08. The van der Waals surface area contributed by atoms with Crippen molar-refractivity contribution < 1.29 is 13.2 Å². The lowest BCUT2D eigenvalue weighted by atomic mass is 10.2. The number of hydrogen-bond acceptors (Lipinski definition) is 4. The Morgan fingerprint density at radius 2 is 2.00 bits per heavy atom. The molecule has 5 nitrogen and oxygen atoms in total. The van der Waals surface area contributed by atoms with Crippen molar-refractivity contribution in [2.24, 2.45) is 5.73 Å². The van der Waals surface area contributed by atoms with Crippen LogP contribution in [0.1, 0.15) is 24.4 Å². The standard InChI is InChI=1S/C16H12ClF3N4O/c1-8(21)14-23-12-4-2-3-11(17)13(12)15(25)24(14)10-5-9(6-22-7-10)16(18,19)20/h2-8H,21H2,1H3. The number of rotatable bonds is 2. The molecule has 0 bridgehead atoms. The van der Waals surface area contributed by atoms with Crippen LogP contribution in [0.4, 0.5) is 13.2 Å². The number of benzene rings is 1. The largest absolute Gasteiger partial charge is 0.417 e. The molecule has 0 aliphatic rings. The summed E-state index contributed by atoms with van der Waals surface area (Å²) in [6.07, 6.45) is -2.77. The van der Waals surface area contributed by atoms with Gasteiger partial charge in [0, 0.05) is 6.20 Å². The first kappa shape index (κ1) is 17.4. The Morgan fingerprint density at radius 1 is 1.28 bits per heavy atom. The second kappa shape index (κ2) is 6.12. The maximum Gasteiger partial charge on any atom is 0.417 e. The Morgan fingerprint density at radius 3 is 2.64 bits per heavy atom. The van der Waals surface area contributed by atoms with Crippen LogP contribution in [0, 0.1) is 0 Å². The Balaban J connectivity index is 2.39. The van der Waals surface area contributed by atoms with E-state index in [1.165, 1.54) is 6.07 Å². The molecule has 0 saturated heterocycles. The zero-order chi connectivity index (χ0) is 18.4. The highest BCUT2D eigenvalue weighted by atomic mass is 35.5. The topological polar surface area (TPSA) is 73.8 Å². The van der Waals surface area contributed by atoms with Gasteiger partial charge in [-0.2, -0.15) is 13.2 Å². The van der Waals surface area contributed by atoms with Crippen molar-refractivity contribution in [2.45, 2.75) is 19.1 Å². The summed E-state index contributed by atoms with van der Waals surface area (Å²) in [6.45, 7) is 1.58. The summed E-state index contributed by atoms with van der Waals surface area (Å²) in [6, 6.07) is 4.84. The molecule has 1 unspecified atom stereocenters. The molecule has 2 aromatic heterocycles. The molecule has 0 aliphatic carbocycles. The monoisotopic (exact) mass is 368 g/mol. The summed E-state index contributed by atoms with van der Waals surface area (Å²) in [5.41, 5.74) is 4.53. The van der Waals surface area contributed by atoms with Crippen molar-refractivity contribution in [1.29, 1.82) is 0 Å². The van der Waals surface area contributed by atoms with Gasteiger partial charge in [0.1, 0.15) is 5.82 Å². The molecule has 0 amide bonds. The Bertz CT molecular complexity index is 1010. The first-order chi connectivity index (χ1) is 11.7. The van der Waals surface area contributed by atoms with Gasteiger partial charge in [0.25, 0.3) is 5.56 Å². The van der Waals surface area contributed by atoms with E-state index < -0.39 is 23.3 Å². The van der Waals surface area contributed by atoms with E-state index in [1.807, 2.05) is 0 Å². The van der Waals surface area contributed by atoms with Crippen LogP contribution < -0.4 is 11.3 Å². The van der Waals surface area contributed by atoms with E-state index in [9.17, 15) is 18.0 Å². The molecule has 2 heterocycles. The van der Waals surface area contributed by atoms with Gasteiger partial charge in [-0.25, -0.2) is 4.98 Å². The quantitative estimate of drug-likeness (QED) is 0.751. The first-order valence-corrected chi connectivity index (χ1v) is 7.57. The van der Waals surface area contributed by atoms with E-state index in [0.29, 0.717) is 11.7 Å². The third-order valence-corrected chi connectivity index (χ3v) is 3.90. The third kappa shape index (κ3) is 3.10. The Kier molecular flexibility index (Phi) is 4.26. The third-order valence-electron chi connectivity index (χ3n) is 3.59. The second-order valence-corrected chi connectivity index (χ2v) is 5.87. The minimum absolute atomic E-state index is 0.0820. The second-order valence-electron chi connectivity index (χ2n) is 5.46. The normalized spacial score (nSPS) is 13.2. The molecule has 0 aliphatic heterocycles. The molecular formula is C16H12ClF3N4O. The van der Waals surface area contributed by atoms with Gasteiger partial charge >= 0.3 is 6.18 Å². The first-order valence-electron chi connectivity index (χ1n) is 7.19. The molecule has 25 heavy (non-hydrogen) atoms. The smallest absolute Gasteiger partial charge is 0.322 e. The van der Waals surface area contributed by atoms with Crippen molar-refractivity contribution in [3.05, 3.63) is 63.4 Å². The van der Waals surface area contributed by atoms with Gasteiger partial charge in [0.2, 0.25) is 0 Å². The van der Waals surface area contributed by atoms with E-state index in [4.69, 9.17) is 17.3 Å². The highest BCUT2D eigenvalue weighted by molar-refractivity contribution is 6.35. The minimum atomic E-state index is -4.59. The lowest BCUT2D eigenvalue weighted by Crippen LogP contribution is -2.28. The summed E-state index contributed by atoms with van der Waals surface area (Å²) in [5, 5.41) is 0.255. The number of aromatic nitrogens is 3. The van der Waals surface area contributed by atoms with Gasteiger partial charge in [0.05, 0.1) is 39.4 Å². The van der Waals surface area contributed by atoms with Crippen LogP contribution in [0.3, 0.4) is 0 Å². The number of pyridine rings is 1. The molecule has 1 aromatic carbocycles. The number of hydrogen-bond donors (Lipinski definition) is 1. The van der Waals surface area contributed by atoms with Crippen LogP contribution in [0.5, 0.6) is 0 Å². The number of alkyl halides is 3. The van der Waals surface area contributed by atoms with Gasteiger partial charge < -0.3 is 5.73 Å². The summed E-state index contributed by atoms with van der Waals surface area (Å²) in [7, 11) is 0. The van der Waals surface area contributed by atoms with Crippen LogP contribution in [0.2, 0.25) is 5.02 Å². The van der Waals surface area contributed by atoms with E-state index >= 15 is 0 Å². The molecule has 3 rings (SSSR count). The van der Waals surface area contributed by atoms with E-state index in [2.05, 4.69) is 9.97 Å². The van der Waals surface area contributed by atoms with Gasteiger partial charge in [-0.3, -0.25) is 14.3 Å². The van der Waals surface area contributed by atoms with Crippen LogP contribution in [0.15, 0.2) is 41.5 Å². The summed E-state index contributed by atoms with van der Waals surface area (Å²) in [4.78, 5) is 20.8. The van der Waals surface area contributed by atoms with E-state index in [0.717, 1.165) is 16.8 Å². The fourth-order valence-corrected chi connectivity index (χ4v) is 2.72. The maximum atomic E-state index is 13.0. The molecule has 0 fully saturated rings. The molecule has 1 atom stereocenters. The molecule has 0 saturated carbocycles. The highest BCUT2D eigenvalue weighted by Crippen LogP contribution is 2.30. The Labute approximate surface area is 144 Å². The highest BCUT2D eigenvalue weighted by Gasteiger charge is 2.31. The lowest BCUT2D eigenvalue weighted by Gasteiger charge is -2.17. The molecule has 9 heteroatoms. The van der Waals surface area contributed by atoms with Crippen molar-refractivity contribution in [3.63, 3.8) is 0 Å². The number of nitrogens with zero attached hydrogens (tertiary/aromatic N) is 3. The number of nitrogens with two attached hydrogens (primary N) is 1. The average molecular weight is 369 g/mol. The molecule has 3 aromatic rings. The lowest BCUT2D eigenvalue weighted by molar-refractivity contribution is -0.137. The van der Waals surface area contributed by atoms with Gasteiger partial charge in [0.15, 0.2) is 0 Å². The molecule has 0 radical (unpaired) electrons. The number of halogens is 4. The van der Waals surface area contributed by atoms with Gasteiger partial charge in [-0.15, -0.1) is 0 Å². The predicted molar refractivity (Wildman–Crippen MR) is 87.7 cm³/mol. The van der Waals surface area contributed by atoms with Gasteiger partial charge in [-0.1, -0.05) is 17.7 Å². The molecule has 0 spiro atoms. The van der Waals surface area contributed by atoms with E-state index in [-0.39, 0.29) is 21.9 Å². The molecular weight excluding hydrogens is 357 g/mol. The van der Waals surface area contributed by atoms with Crippen LogP contribution >= 0.6 is 11.6 Å². The van der Waals surface area contributed by atoms with Crippen molar-refractivity contribution in [3.8, 4) is 5.69 Å². The summed E-state index contributed by atoms with van der Waals surface area (Å²) < 4.78 is 39.9. The van der Waals surface area contributed by atoms with Crippen LogP contribution in [-0.4, -0.2) is 14.5 Å². The zero-order valence-electron chi connectivity index (χ0n) is 12.9. The van der Waals surface area contributed by atoms with Gasteiger partial charge in [-0.05, 0) is 25.1 Å². The molecule has 2 N–H and O–H groups in total. The van der Waals surface area contributed by atoms with Crippen LogP contribution in [-0.2, 0) is 6.18 Å². The number of fused-ring (bicyclic) bond motifs is 1. The molecule has 130 valence electrons. The minimum Gasteiger partial charge on any atom is -0.322 e. The fourth-order valence-electron chi connectivity index (χ4n) is 2.47. The predicted octanol–water partition coefficient (Wildman–Crippen LogP) is 3.47. The van der Waals surface area contributed by atoms with Crippen molar-refractivity contribution >= 4 is 22.5 Å². The average Bonchev–Trinajstić information content (AvgIpc) is 2.53. The maximum absolute atomic E-state index is 13.0. The fraction of sp³-hybridized carbons (Fsp3) is 0.188. The van der Waals surface area contributed by atoms with Crippen molar-refractivity contribution in [1.82, 2.24) is 14.5 Å². The SMILES string of the molecule is CC(N)c1nc2cccc(Cl)c2c(=O)n1-c1cncc(C(F)(F)F)c1. The van der Waals surface area contributed by atoms with E-state index in [1.54, 1.807) is 19.1 Å². The van der Waals surface area contributed by atoms with Crippen molar-refractivity contribution in [2.75, 3.05) is 0 Å².